The molecule has 0 atom stereocenters. The summed E-state index contributed by atoms with van der Waals surface area (Å²) in [6.45, 7) is 0. The number of fused-ring (bicyclic) bond motifs is 1. The van der Waals surface area contributed by atoms with E-state index in [-0.39, 0.29) is 0 Å². The first-order valence-corrected chi connectivity index (χ1v) is 6.58. The third kappa shape index (κ3) is 2.14. The molecule has 1 aromatic carbocycles. The summed E-state index contributed by atoms with van der Waals surface area (Å²) in [7, 11) is 4.05. The fourth-order valence-corrected chi connectivity index (χ4v) is 2.50. The molecule has 1 aromatic heterocycles. The van der Waals surface area contributed by atoms with Crippen molar-refractivity contribution in [3.05, 3.63) is 35.5 Å². The summed E-state index contributed by atoms with van der Waals surface area (Å²) in [5.74, 6) is 1.39. The molecule has 2 aromatic rings. The van der Waals surface area contributed by atoms with Crippen LogP contribution in [0, 0.1) is 0 Å². The molecule has 1 aliphatic rings. The SMILES string of the molecule is CN(C)c1ccc(-c2nc(N)c3c(n2)CCC3)cc1. The van der Waals surface area contributed by atoms with Gasteiger partial charge in [-0.05, 0) is 43.5 Å². The lowest BCUT2D eigenvalue weighted by molar-refractivity contribution is 0.900. The summed E-state index contributed by atoms with van der Waals surface area (Å²) < 4.78 is 0. The number of aromatic nitrogens is 2. The van der Waals surface area contributed by atoms with Gasteiger partial charge in [-0.15, -0.1) is 0 Å². The topological polar surface area (TPSA) is 55.0 Å². The van der Waals surface area contributed by atoms with Crippen LogP contribution in [0.15, 0.2) is 24.3 Å². The maximum absolute atomic E-state index is 6.03. The Morgan fingerprint density at radius 3 is 2.47 bits per heavy atom. The van der Waals surface area contributed by atoms with E-state index >= 15 is 0 Å². The van der Waals surface area contributed by atoms with E-state index in [0.29, 0.717) is 5.82 Å². The molecule has 1 aliphatic carbocycles. The first-order chi connectivity index (χ1) is 9.15. The van der Waals surface area contributed by atoms with E-state index in [0.717, 1.165) is 47.6 Å². The second-order valence-corrected chi connectivity index (χ2v) is 5.15. The first-order valence-electron chi connectivity index (χ1n) is 6.58. The Morgan fingerprint density at radius 1 is 1.05 bits per heavy atom. The van der Waals surface area contributed by atoms with E-state index in [4.69, 9.17) is 5.73 Å². The Bertz CT molecular complexity index is 602. The Hall–Kier alpha value is -2.10. The van der Waals surface area contributed by atoms with Gasteiger partial charge in [0.05, 0.1) is 0 Å². The van der Waals surface area contributed by atoms with Crippen molar-refractivity contribution in [2.75, 3.05) is 24.7 Å². The van der Waals surface area contributed by atoms with Crippen LogP contribution in [0.2, 0.25) is 0 Å². The minimum atomic E-state index is 0.647. The molecule has 3 rings (SSSR count). The van der Waals surface area contributed by atoms with Crippen molar-refractivity contribution in [1.29, 1.82) is 0 Å². The van der Waals surface area contributed by atoms with E-state index < -0.39 is 0 Å². The molecule has 0 saturated heterocycles. The highest BCUT2D eigenvalue weighted by molar-refractivity contribution is 5.62. The summed E-state index contributed by atoms with van der Waals surface area (Å²) >= 11 is 0. The molecule has 4 nitrogen and oxygen atoms in total. The zero-order valence-electron chi connectivity index (χ0n) is 11.3. The zero-order chi connectivity index (χ0) is 13.4. The molecular formula is C15H18N4. The van der Waals surface area contributed by atoms with Gasteiger partial charge in [0.25, 0.3) is 0 Å². The van der Waals surface area contributed by atoms with Gasteiger partial charge < -0.3 is 10.6 Å². The standard InChI is InChI=1S/C15H18N4/c1-19(2)11-8-6-10(7-9-11)15-17-13-5-3-4-12(13)14(16)18-15/h6-9H,3-5H2,1-2H3,(H2,16,17,18). The van der Waals surface area contributed by atoms with E-state index in [9.17, 15) is 0 Å². The van der Waals surface area contributed by atoms with E-state index in [1.807, 2.05) is 26.2 Å². The monoisotopic (exact) mass is 254 g/mol. The van der Waals surface area contributed by atoms with Gasteiger partial charge in [0.1, 0.15) is 5.82 Å². The molecule has 2 N–H and O–H groups in total. The maximum Gasteiger partial charge on any atom is 0.161 e. The fraction of sp³-hybridized carbons (Fsp3) is 0.333. The average Bonchev–Trinajstić information content (AvgIpc) is 2.87. The molecule has 0 unspecified atom stereocenters. The quantitative estimate of drug-likeness (QED) is 0.893. The smallest absolute Gasteiger partial charge is 0.161 e. The fourth-order valence-electron chi connectivity index (χ4n) is 2.50. The molecule has 98 valence electrons. The van der Waals surface area contributed by atoms with Gasteiger partial charge in [0, 0.05) is 36.6 Å². The highest BCUT2D eigenvalue weighted by atomic mass is 15.1. The number of nitrogens with zero attached hydrogens (tertiary/aromatic N) is 3. The highest BCUT2D eigenvalue weighted by Gasteiger charge is 2.18. The lowest BCUT2D eigenvalue weighted by Crippen LogP contribution is -2.08. The van der Waals surface area contributed by atoms with Crippen molar-refractivity contribution in [1.82, 2.24) is 9.97 Å². The number of anilines is 2. The third-order valence-electron chi connectivity index (χ3n) is 3.61. The number of hydrogen-bond acceptors (Lipinski definition) is 4. The largest absolute Gasteiger partial charge is 0.383 e. The maximum atomic E-state index is 6.03. The van der Waals surface area contributed by atoms with Crippen molar-refractivity contribution < 1.29 is 0 Å². The Kier molecular flexibility index (Phi) is 2.85. The molecule has 4 heteroatoms. The van der Waals surface area contributed by atoms with E-state index in [2.05, 4.69) is 27.0 Å². The van der Waals surface area contributed by atoms with Crippen LogP contribution in [-0.2, 0) is 12.8 Å². The van der Waals surface area contributed by atoms with Crippen LogP contribution in [0.5, 0.6) is 0 Å². The molecule has 0 saturated carbocycles. The number of hydrogen-bond donors (Lipinski definition) is 1. The number of benzene rings is 1. The van der Waals surface area contributed by atoms with Crippen LogP contribution in [0.3, 0.4) is 0 Å². The van der Waals surface area contributed by atoms with Gasteiger partial charge in [-0.3, -0.25) is 0 Å². The normalized spacial score (nSPS) is 13.4. The van der Waals surface area contributed by atoms with Crippen molar-refractivity contribution in [3.63, 3.8) is 0 Å². The molecular weight excluding hydrogens is 236 g/mol. The van der Waals surface area contributed by atoms with Gasteiger partial charge >= 0.3 is 0 Å². The van der Waals surface area contributed by atoms with Gasteiger partial charge in [-0.25, -0.2) is 9.97 Å². The van der Waals surface area contributed by atoms with E-state index in [1.54, 1.807) is 0 Å². The third-order valence-corrected chi connectivity index (χ3v) is 3.61. The van der Waals surface area contributed by atoms with E-state index in [1.165, 1.54) is 0 Å². The average molecular weight is 254 g/mol. The lowest BCUT2D eigenvalue weighted by Gasteiger charge is -2.12. The number of nitrogens with two attached hydrogens (primary N) is 1. The predicted octanol–water partition coefficient (Wildman–Crippen LogP) is 2.28. The number of aryl methyl sites for hydroxylation is 1. The Labute approximate surface area is 113 Å². The summed E-state index contributed by atoms with van der Waals surface area (Å²) in [5.41, 5.74) is 10.5. The van der Waals surface area contributed by atoms with Crippen LogP contribution in [0.1, 0.15) is 17.7 Å². The molecule has 0 radical (unpaired) electrons. The molecule has 0 bridgehead atoms. The predicted molar refractivity (Wildman–Crippen MR) is 78.2 cm³/mol. The molecule has 19 heavy (non-hydrogen) atoms. The summed E-state index contributed by atoms with van der Waals surface area (Å²) in [6, 6.07) is 8.24. The second-order valence-electron chi connectivity index (χ2n) is 5.15. The molecule has 0 amide bonds. The minimum absolute atomic E-state index is 0.647. The second kappa shape index (κ2) is 4.53. The van der Waals surface area contributed by atoms with Gasteiger partial charge in [-0.2, -0.15) is 0 Å². The summed E-state index contributed by atoms with van der Waals surface area (Å²) in [6.07, 6.45) is 3.17. The van der Waals surface area contributed by atoms with Crippen molar-refractivity contribution in [2.24, 2.45) is 0 Å². The number of nitrogen functional groups attached to an aromatic ring is 1. The zero-order valence-corrected chi connectivity index (χ0v) is 11.3. The molecule has 0 fully saturated rings. The first kappa shape index (κ1) is 12.0. The van der Waals surface area contributed by atoms with Gasteiger partial charge in [0.15, 0.2) is 5.82 Å². The molecule has 0 aliphatic heterocycles. The Morgan fingerprint density at radius 2 is 1.79 bits per heavy atom. The van der Waals surface area contributed by atoms with Crippen LogP contribution in [0.4, 0.5) is 11.5 Å². The highest BCUT2D eigenvalue weighted by Crippen LogP contribution is 2.28. The van der Waals surface area contributed by atoms with Crippen LogP contribution < -0.4 is 10.6 Å². The van der Waals surface area contributed by atoms with Crippen molar-refractivity contribution >= 4 is 11.5 Å². The van der Waals surface area contributed by atoms with Gasteiger partial charge in [-0.1, -0.05) is 0 Å². The molecule has 1 heterocycles. The Balaban J connectivity index is 2.00. The van der Waals surface area contributed by atoms with Gasteiger partial charge in [0.2, 0.25) is 0 Å². The van der Waals surface area contributed by atoms with Crippen molar-refractivity contribution in [3.8, 4) is 11.4 Å². The van der Waals surface area contributed by atoms with Crippen LogP contribution >= 0.6 is 0 Å². The minimum Gasteiger partial charge on any atom is -0.383 e. The molecule has 0 spiro atoms. The number of rotatable bonds is 2. The summed E-state index contributed by atoms with van der Waals surface area (Å²) in [5, 5.41) is 0. The lowest BCUT2D eigenvalue weighted by atomic mass is 10.1. The van der Waals surface area contributed by atoms with Crippen LogP contribution in [-0.4, -0.2) is 24.1 Å². The van der Waals surface area contributed by atoms with Crippen molar-refractivity contribution in [2.45, 2.75) is 19.3 Å². The summed E-state index contributed by atoms with van der Waals surface area (Å²) in [4.78, 5) is 11.2. The van der Waals surface area contributed by atoms with Crippen LogP contribution in [0.25, 0.3) is 11.4 Å².